The maximum Gasteiger partial charge on any atom is -0.0169 e. The molecule has 4 aliphatic rings. The average Bonchev–Trinajstić information content (AvgIpc) is 2.99. The first-order valence-corrected chi connectivity index (χ1v) is 5.65. The van der Waals surface area contributed by atoms with Crippen LogP contribution in [0.1, 0.15) is 64.2 Å². The van der Waals surface area contributed by atoms with Crippen molar-refractivity contribution in [3.05, 3.63) is 12.2 Å². The minimum Gasteiger partial charge on any atom is -0.0844 e. The zero-order valence-electron chi connectivity index (χ0n) is 8.23. The molecular weight excluding hydrogens is 144 g/mol. The SMILES string of the molecule is C1=CC1.C1CC1.C1CC1.C1CC1. The molecule has 3 saturated carbocycles. The van der Waals surface area contributed by atoms with E-state index in [9.17, 15) is 0 Å². The summed E-state index contributed by atoms with van der Waals surface area (Å²) in [6.45, 7) is 0. The standard InChI is InChI=1S/3C3H6.C3H4/c4*1-2-3-1/h3*1-3H2;1-2H,3H2. The summed E-state index contributed by atoms with van der Waals surface area (Å²) >= 11 is 0. The second kappa shape index (κ2) is 7.39. The summed E-state index contributed by atoms with van der Waals surface area (Å²) in [6.07, 6.45) is 19.0. The van der Waals surface area contributed by atoms with Gasteiger partial charge in [0.05, 0.1) is 0 Å². The summed E-state index contributed by atoms with van der Waals surface area (Å²) in [7, 11) is 0. The van der Waals surface area contributed by atoms with Crippen molar-refractivity contribution < 1.29 is 0 Å². The number of rotatable bonds is 0. The molecule has 0 N–H and O–H groups in total. The predicted molar refractivity (Wildman–Crippen MR) is 55.3 cm³/mol. The Morgan fingerprint density at radius 2 is 0.583 bits per heavy atom. The smallest absolute Gasteiger partial charge is 0.0169 e. The lowest BCUT2D eigenvalue weighted by Gasteiger charge is -1.15. The maximum absolute atomic E-state index is 2.12. The minimum absolute atomic E-state index is 1.25. The second-order valence-corrected chi connectivity index (χ2v) is 3.89. The third kappa shape index (κ3) is 53.2. The highest BCUT2D eigenvalue weighted by Gasteiger charge is 1.95. The lowest BCUT2D eigenvalue weighted by atomic mass is 10.9. The Hall–Kier alpha value is -0.260. The highest BCUT2D eigenvalue weighted by Crippen LogP contribution is 2.15. The van der Waals surface area contributed by atoms with Gasteiger partial charge in [0, 0.05) is 0 Å². The first-order chi connectivity index (χ1) is 6.00. The monoisotopic (exact) mass is 166 g/mol. The molecule has 0 heterocycles. The van der Waals surface area contributed by atoms with E-state index < -0.39 is 0 Å². The maximum atomic E-state index is 2.12. The van der Waals surface area contributed by atoms with Crippen LogP contribution >= 0.6 is 0 Å². The van der Waals surface area contributed by atoms with Crippen LogP contribution in [0.15, 0.2) is 12.2 Å². The van der Waals surface area contributed by atoms with Gasteiger partial charge in [-0.05, 0) is 6.42 Å². The fourth-order valence-electron chi connectivity index (χ4n) is 0. The van der Waals surface area contributed by atoms with Crippen LogP contribution < -0.4 is 0 Å². The zero-order valence-corrected chi connectivity index (χ0v) is 8.23. The van der Waals surface area contributed by atoms with Crippen molar-refractivity contribution in [2.75, 3.05) is 0 Å². The topological polar surface area (TPSA) is 0 Å². The minimum atomic E-state index is 1.25. The summed E-state index contributed by atoms with van der Waals surface area (Å²) in [5, 5.41) is 0. The van der Waals surface area contributed by atoms with Crippen molar-refractivity contribution >= 4 is 0 Å². The third-order valence-electron chi connectivity index (χ3n) is 1.30. The van der Waals surface area contributed by atoms with Gasteiger partial charge in [0.15, 0.2) is 0 Å². The average molecular weight is 166 g/mol. The Kier molecular flexibility index (Phi) is 6.05. The molecule has 0 bridgehead atoms. The van der Waals surface area contributed by atoms with E-state index in [4.69, 9.17) is 0 Å². The fourth-order valence-corrected chi connectivity index (χ4v) is 0. The first-order valence-electron chi connectivity index (χ1n) is 5.65. The van der Waals surface area contributed by atoms with E-state index >= 15 is 0 Å². The summed E-state index contributed by atoms with van der Waals surface area (Å²) < 4.78 is 0. The normalized spacial score (nSPS) is 22.7. The number of hydrogen-bond acceptors (Lipinski definition) is 0. The lowest BCUT2D eigenvalue weighted by molar-refractivity contribution is 1.50. The van der Waals surface area contributed by atoms with Crippen molar-refractivity contribution in [1.29, 1.82) is 0 Å². The lowest BCUT2D eigenvalue weighted by Crippen LogP contribution is -0.956. The largest absolute Gasteiger partial charge is 0.0844 e. The molecule has 0 aliphatic heterocycles. The van der Waals surface area contributed by atoms with Crippen LogP contribution in [0.4, 0.5) is 0 Å². The van der Waals surface area contributed by atoms with Gasteiger partial charge >= 0.3 is 0 Å². The molecule has 0 aromatic heterocycles. The highest BCUT2D eigenvalue weighted by molar-refractivity contribution is 5.02. The van der Waals surface area contributed by atoms with Crippen molar-refractivity contribution in [2.45, 2.75) is 64.2 Å². The molecule has 0 spiro atoms. The van der Waals surface area contributed by atoms with E-state index in [2.05, 4.69) is 12.2 Å². The van der Waals surface area contributed by atoms with Gasteiger partial charge in [-0.15, -0.1) is 0 Å². The van der Waals surface area contributed by atoms with Crippen molar-refractivity contribution in [1.82, 2.24) is 0 Å². The molecule has 70 valence electrons. The quantitative estimate of drug-likeness (QED) is 0.466. The Morgan fingerprint density at radius 3 is 0.583 bits per heavy atom. The van der Waals surface area contributed by atoms with Crippen LogP contribution in [0.3, 0.4) is 0 Å². The molecule has 0 heteroatoms. The van der Waals surface area contributed by atoms with Crippen molar-refractivity contribution in [3.63, 3.8) is 0 Å². The van der Waals surface area contributed by atoms with E-state index in [0.717, 1.165) is 0 Å². The second-order valence-electron chi connectivity index (χ2n) is 3.89. The summed E-state index contributed by atoms with van der Waals surface area (Å²) in [6, 6.07) is 0. The van der Waals surface area contributed by atoms with Crippen LogP contribution in [0.2, 0.25) is 0 Å². The summed E-state index contributed by atoms with van der Waals surface area (Å²) in [5.41, 5.74) is 0. The molecule has 0 amide bonds. The van der Waals surface area contributed by atoms with E-state index in [0.29, 0.717) is 0 Å². The highest BCUT2D eigenvalue weighted by atomic mass is 14.0. The number of hydrogen-bond donors (Lipinski definition) is 0. The van der Waals surface area contributed by atoms with Gasteiger partial charge < -0.3 is 0 Å². The van der Waals surface area contributed by atoms with Gasteiger partial charge in [-0.3, -0.25) is 0 Å². The Labute approximate surface area is 77.1 Å². The summed E-state index contributed by atoms with van der Waals surface area (Å²) in [5.74, 6) is 0. The molecule has 0 aromatic rings. The van der Waals surface area contributed by atoms with Gasteiger partial charge in [0.1, 0.15) is 0 Å². The Bertz CT molecular complexity index is 80.7. The van der Waals surface area contributed by atoms with Crippen molar-refractivity contribution in [3.8, 4) is 0 Å². The molecule has 0 unspecified atom stereocenters. The molecule has 0 radical (unpaired) electrons. The predicted octanol–water partition coefficient (Wildman–Crippen LogP) is 4.46. The Morgan fingerprint density at radius 1 is 0.417 bits per heavy atom. The van der Waals surface area contributed by atoms with Crippen LogP contribution in [-0.2, 0) is 0 Å². The molecule has 0 aromatic carbocycles. The van der Waals surface area contributed by atoms with E-state index in [1.807, 2.05) is 0 Å². The van der Waals surface area contributed by atoms with Gasteiger partial charge in [0.2, 0.25) is 0 Å². The van der Waals surface area contributed by atoms with Crippen LogP contribution in [0.5, 0.6) is 0 Å². The van der Waals surface area contributed by atoms with Crippen molar-refractivity contribution in [2.24, 2.45) is 0 Å². The molecular formula is C12H22. The summed E-state index contributed by atoms with van der Waals surface area (Å²) in [4.78, 5) is 0. The van der Waals surface area contributed by atoms with Crippen LogP contribution in [-0.4, -0.2) is 0 Å². The van der Waals surface area contributed by atoms with Gasteiger partial charge in [-0.25, -0.2) is 0 Å². The van der Waals surface area contributed by atoms with Gasteiger partial charge in [0.25, 0.3) is 0 Å². The van der Waals surface area contributed by atoms with E-state index in [1.165, 1.54) is 64.2 Å². The molecule has 0 nitrogen and oxygen atoms in total. The molecule has 0 atom stereocenters. The van der Waals surface area contributed by atoms with E-state index in [1.54, 1.807) is 0 Å². The van der Waals surface area contributed by atoms with Gasteiger partial charge in [-0.2, -0.15) is 0 Å². The third-order valence-corrected chi connectivity index (χ3v) is 1.30. The van der Waals surface area contributed by atoms with Crippen LogP contribution in [0.25, 0.3) is 0 Å². The molecule has 4 aliphatic carbocycles. The Balaban J connectivity index is 0.0000000800. The fraction of sp³-hybridized carbons (Fsp3) is 0.833. The zero-order chi connectivity index (χ0) is 8.49. The van der Waals surface area contributed by atoms with E-state index in [-0.39, 0.29) is 0 Å². The number of allylic oxidation sites excluding steroid dienone is 2. The molecule has 3 fully saturated rings. The molecule has 0 saturated heterocycles. The molecule has 12 heavy (non-hydrogen) atoms. The van der Waals surface area contributed by atoms with Crippen LogP contribution in [0, 0.1) is 0 Å². The first kappa shape index (κ1) is 9.83. The van der Waals surface area contributed by atoms with Gasteiger partial charge in [-0.1, -0.05) is 69.9 Å². The molecule has 4 rings (SSSR count).